The van der Waals surface area contributed by atoms with Crippen LogP contribution in [-0.2, 0) is 20.4 Å². The Morgan fingerprint density at radius 3 is 1.83 bits per heavy atom. The Labute approximate surface area is 171 Å². The predicted octanol–water partition coefficient (Wildman–Crippen LogP) is 1.56. The van der Waals surface area contributed by atoms with E-state index in [2.05, 4.69) is 0 Å². The van der Waals surface area contributed by atoms with Crippen molar-refractivity contribution in [3.8, 4) is 11.5 Å². The standard InChI is InChI=1S/C21H32O8/c1-20(2,3)10-9-13(11(21(4,5)6)8-12(10)27-7)28-19-16(24)14(22)15(23)17(29-19)18(25)26/h8-9,14-17,19,22-24H,1-7H3,(H,25,26). The molecule has 5 unspecified atom stereocenters. The van der Waals surface area contributed by atoms with Crippen molar-refractivity contribution in [1.82, 2.24) is 0 Å². The molecule has 1 aliphatic rings. The van der Waals surface area contributed by atoms with Crippen LogP contribution in [0.15, 0.2) is 12.1 Å². The molecule has 1 aromatic rings. The highest BCUT2D eigenvalue weighted by atomic mass is 16.7. The van der Waals surface area contributed by atoms with Gasteiger partial charge in [0.25, 0.3) is 0 Å². The van der Waals surface area contributed by atoms with Gasteiger partial charge >= 0.3 is 5.97 Å². The highest BCUT2D eigenvalue weighted by molar-refractivity contribution is 5.73. The van der Waals surface area contributed by atoms with Crippen molar-refractivity contribution in [3.63, 3.8) is 0 Å². The van der Waals surface area contributed by atoms with Gasteiger partial charge < -0.3 is 34.6 Å². The molecule has 0 radical (unpaired) electrons. The van der Waals surface area contributed by atoms with Crippen molar-refractivity contribution >= 4 is 5.97 Å². The van der Waals surface area contributed by atoms with Crippen LogP contribution in [0.5, 0.6) is 11.5 Å². The van der Waals surface area contributed by atoms with Crippen LogP contribution in [-0.4, -0.2) is 64.2 Å². The number of aliphatic hydroxyl groups excluding tert-OH is 3. The van der Waals surface area contributed by atoms with E-state index in [9.17, 15) is 25.2 Å². The summed E-state index contributed by atoms with van der Waals surface area (Å²) in [6.07, 6.45) is -8.33. The fourth-order valence-corrected chi connectivity index (χ4v) is 3.27. The monoisotopic (exact) mass is 412 g/mol. The highest BCUT2D eigenvalue weighted by Gasteiger charge is 2.48. The number of ether oxygens (including phenoxy) is 3. The summed E-state index contributed by atoms with van der Waals surface area (Å²) in [5.74, 6) is -0.406. The van der Waals surface area contributed by atoms with Crippen molar-refractivity contribution in [1.29, 1.82) is 0 Å². The lowest BCUT2D eigenvalue weighted by Crippen LogP contribution is -2.61. The zero-order chi connectivity index (χ0) is 22.3. The molecule has 4 N–H and O–H groups in total. The second-order valence-corrected chi connectivity index (χ2v) is 9.40. The van der Waals surface area contributed by atoms with E-state index in [-0.39, 0.29) is 10.8 Å². The van der Waals surface area contributed by atoms with E-state index in [1.54, 1.807) is 13.2 Å². The van der Waals surface area contributed by atoms with Crippen LogP contribution in [0.25, 0.3) is 0 Å². The van der Waals surface area contributed by atoms with Gasteiger partial charge in [0.15, 0.2) is 6.10 Å². The molecule has 2 rings (SSSR count). The second kappa shape index (κ2) is 8.10. The van der Waals surface area contributed by atoms with Crippen molar-refractivity contribution in [2.24, 2.45) is 0 Å². The Bertz CT molecular complexity index is 746. The molecule has 0 bridgehead atoms. The summed E-state index contributed by atoms with van der Waals surface area (Å²) in [6, 6.07) is 3.63. The molecular formula is C21H32O8. The van der Waals surface area contributed by atoms with Crippen LogP contribution in [0.1, 0.15) is 52.7 Å². The summed E-state index contributed by atoms with van der Waals surface area (Å²) in [5, 5.41) is 39.5. The Balaban J connectivity index is 2.53. The summed E-state index contributed by atoms with van der Waals surface area (Å²) in [6.45, 7) is 12.0. The van der Waals surface area contributed by atoms with Crippen molar-refractivity contribution in [2.45, 2.75) is 83.1 Å². The molecule has 1 aromatic carbocycles. The van der Waals surface area contributed by atoms with Gasteiger partial charge in [0.2, 0.25) is 6.29 Å². The third-order valence-electron chi connectivity index (χ3n) is 4.97. The topological polar surface area (TPSA) is 126 Å². The first-order chi connectivity index (χ1) is 13.2. The number of carboxylic acid groups (broad SMARTS) is 1. The van der Waals surface area contributed by atoms with Crippen LogP contribution in [0.2, 0.25) is 0 Å². The molecule has 0 aromatic heterocycles. The zero-order valence-corrected chi connectivity index (χ0v) is 18.0. The third kappa shape index (κ3) is 4.83. The van der Waals surface area contributed by atoms with Gasteiger partial charge in [0.1, 0.15) is 29.8 Å². The molecule has 29 heavy (non-hydrogen) atoms. The fourth-order valence-electron chi connectivity index (χ4n) is 3.27. The summed E-state index contributed by atoms with van der Waals surface area (Å²) >= 11 is 0. The third-order valence-corrected chi connectivity index (χ3v) is 4.97. The molecule has 0 amide bonds. The Kier molecular flexibility index (Phi) is 6.54. The molecule has 1 fully saturated rings. The van der Waals surface area contributed by atoms with Gasteiger partial charge in [-0.2, -0.15) is 0 Å². The molecule has 1 aliphatic heterocycles. The first kappa shape index (κ1) is 23.4. The molecule has 0 spiro atoms. The van der Waals surface area contributed by atoms with Crippen molar-refractivity contribution in [2.75, 3.05) is 7.11 Å². The molecule has 0 aliphatic carbocycles. The van der Waals surface area contributed by atoms with E-state index in [0.29, 0.717) is 11.5 Å². The molecule has 0 saturated carbocycles. The molecule has 164 valence electrons. The lowest BCUT2D eigenvalue weighted by atomic mass is 9.81. The Morgan fingerprint density at radius 2 is 1.38 bits per heavy atom. The second-order valence-electron chi connectivity index (χ2n) is 9.40. The normalized spacial score (nSPS) is 28.1. The van der Waals surface area contributed by atoms with E-state index in [1.807, 2.05) is 47.6 Å². The maximum Gasteiger partial charge on any atom is 0.335 e. The predicted molar refractivity (Wildman–Crippen MR) is 105 cm³/mol. The van der Waals surface area contributed by atoms with Gasteiger partial charge in [0.05, 0.1) is 7.11 Å². The summed E-state index contributed by atoms with van der Waals surface area (Å²) in [7, 11) is 1.58. The van der Waals surface area contributed by atoms with Crippen LogP contribution >= 0.6 is 0 Å². The maximum absolute atomic E-state index is 11.4. The Hall–Kier alpha value is -1.87. The van der Waals surface area contributed by atoms with E-state index >= 15 is 0 Å². The number of methoxy groups -OCH3 is 1. The number of hydrogen-bond acceptors (Lipinski definition) is 7. The molecule has 1 saturated heterocycles. The highest BCUT2D eigenvalue weighted by Crippen LogP contribution is 2.42. The Morgan fingerprint density at radius 1 is 0.897 bits per heavy atom. The van der Waals surface area contributed by atoms with Crippen molar-refractivity contribution in [3.05, 3.63) is 23.3 Å². The summed E-state index contributed by atoms with van der Waals surface area (Å²) in [5.41, 5.74) is 0.947. The van der Waals surface area contributed by atoms with E-state index in [4.69, 9.17) is 14.2 Å². The van der Waals surface area contributed by atoms with Gasteiger partial charge in [0, 0.05) is 11.1 Å². The number of hydrogen-bond donors (Lipinski definition) is 4. The van der Waals surface area contributed by atoms with E-state index < -0.39 is 36.7 Å². The maximum atomic E-state index is 11.4. The molecule has 8 heteroatoms. The van der Waals surface area contributed by atoms with Gasteiger partial charge in [-0.1, -0.05) is 41.5 Å². The minimum absolute atomic E-state index is 0.286. The molecule has 8 nitrogen and oxygen atoms in total. The van der Waals surface area contributed by atoms with Gasteiger partial charge in [-0.05, 0) is 23.0 Å². The van der Waals surface area contributed by atoms with E-state index in [0.717, 1.165) is 11.1 Å². The molecule has 5 atom stereocenters. The summed E-state index contributed by atoms with van der Waals surface area (Å²) in [4.78, 5) is 11.4. The average Bonchev–Trinajstić information content (AvgIpc) is 2.59. The summed E-state index contributed by atoms with van der Waals surface area (Å²) < 4.78 is 16.7. The number of benzene rings is 1. The average molecular weight is 412 g/mol. The van der Waals surface area contributed by atoms with Gasteiger partial charge in [-0.3, -0.25) is 0 Å². The number of carbonyl (C=O) groups is 1. The number of aliphatic hydroxyl groups is 3. The molecule has 1 heterocycles. The SMILES string of the molecule is COc1cc(C(C)(C)C)c(OC2OC(C(=O)O)C(O)C(O)C2O)cc1C(C)(C)C. The van der Waals surface area contributed by atoms with Gasteiger partial charge in [-0.25, -0.2) is 4.79 Å². The first-order valence-corrected chi connectivity index (χ1v) is 9.50. The zero-order valence-electron chi connectivity index (χ0n) is 18.0. The van der Waals surface area contributed by atoms with Crippen LogP contribution in [0.4, 0.5) is 0 Å². The number of carboxylic acids is 1. The minimum atomic E-state index is -1.77. The van der Waals surface area contributed by atoms with E-state index in [1.165, 1.54) is 0 Å². The lowest BCUT2D eigenvalue weighted by molar-refractivity contribution is -0.271. The first-order valence-electron chi connectivity index (χ1n) is 9.50. The van der Waals surface area contributed by atoms with Crippen LogP contribution < -0.4 is 9.47 Å². The largest absolute Gasteiger partial charge is 0.496 e. The van der Waals surface area contributed by atoms with Crippen LogP contribution in [0.3, 0.4) is 0 Å². The fraction of sp³-hybridized carbons (Fsp3) is 0.667. The molecular weight excluding hydrogens is 380 g/mol. The lowest BCUT2D eigenvalue weighted by Gasteiger charge is -2.39. The quantitative estimate of drug-likeness (QED) is 0.587. The van der Waals surface area contributed by atoms with Crippen LogP contribution in [0, 0.1) is 0 Å². The minimum Gasteiger partial charge on any atom is -0.496 e. The number of rotatable bonds is 4. The van der Waals surface area contributed by atoms with Crippen molar-refractivity contribution < 1.29 is 39.4 Å². The van der Waals surface area contributed by atoms with Gasteiger partial charge in [-0.15, -0.1) is 0 Å². The smallest absolute Gasteiger partial charge is 0.335 e. The number of aliphatic carboxylic acids is 1.